The zero-order valence-electron chi connectivity index (χ0n) is 18.3. The summed E-state index contributed by atoms with van der Waals surface area (Å²) in [6.45, 7) is 4.18. The summed E-state index contributed by atoms with van der Waals surface area (Å²) in [7, 11) is -1.39. The summed E-state index contributed by atoms with van der Waals surface area (Å²) in [5.41, 5.74) is 2.29. The number of hydrogen-bond donors (Lipinski definition) is 2. The SMILES string of the molecule is CCS(=O)(=O)N1CCC(NC(=NC)NCCCC(=O)N2CCc3ccccc32)CC1.I. The van der Waals surface area contributed by atoms with Crippen molar-refractivity contribution in [2.45, 2.75) is 45.1 Å². The monoisotopic (exact) mass is 563 g/mol. The number of piperidine rings is 1. The molecule has 3 rings (SSSR count). The number of carbonyl (C=O) groups is 1. The van der Waals surface area contributed by atoms with Gasteiger partial charge in [0.15, 0.2) is 5.96 Å². The van der Waals surface area contributed by atoms with E-state index in [1.165, 1.54) is 5.56 Å². The number of hydrogen-bond acceptors (Lipinski definition) is 4. The Labute approximate surface area is 202 Å². The molecular formula is C21H34IN5O3S. The Hall–Kier alpha value is -1.40. The zero-order valence-corrected chi connectivity index (χ0v) is 21.5. The fraction of sp³-hybridized carbons (Fsp3) is 0.619. The van der Waals surface area contributed by atoms with Crippen LogP contribution in [0.5, 0.6) is 0 Å². The van der Waals surface area contributed by atoms with Crippen LogP contribution in [0.3, 0.4) is 0 Å². The molecule has 1 aromatic carbocycles. The van der Waals surface area contributed by atoms with Crippen LogP contribution in [0.2, 0.25) is 0 Å². The van der Waals surface area contributed by atoms with Crippen LogP contribution >= 0.6 is 24.0 Å². The molecule has 2 aliphatic rings. The summed E-state index contributed by atoms with van der Waals surface area (Å²) >= 11 is 0. The number of rotatable bonds is 7. The second-order valence-corrected chi connectivity index (χ2v) is 10.0. The molecule has 0 spiro atoms. The molecule has 0 aromatic heterocycles. The molecule has 2 aliphatic heterocycles. The van der Waals surface area contributed by atoms with E-state index in [-0.39, 0.29) is 41.7 Å². The first-order chi connectivity index (χ1) is 14.4. The number of nitrogens with one attached hydrogen (secondary N) is 2. The number of carbonyl (C=O) groups excluding carboxylic acids is 1. The summed E-state index contributed by atoms with van der Waals surface area (Å²) in [5, 5.41) is 6.64. The highest BCUT2D eigenvalue weighted by molar-refractivity contribution is 14.0. The normalized spacial score (nSPS) is 17.7. The Kier molecular flexibility index (Phi) is 10.0. The molecule has 1 amide bonds. The van der Waals surface area contributed by atoms with Gasteiger partial charge in [-0.3, -0.25) is 9.79 Å². The van der Waals surface area contributed by atoms with Crippen molar-refractivity contribution >= 4 is 51.6 Å². The predicted octanol–water partition coefficient (Wildman–Crippen LogP) is 1.95. The molecule has 10 heteroatoms. The van der Waals surface area contributed by atoms with Gasteiger partial charge in [-0.1, -0.05) is 18.2 Å². The lowest BCUT2D eigenvalue weighted by atomic mass is 10.1. The highest BCUT2D eigenvalue weighted by Crippen LogP contribution is 2.28. The molecule has 8 nitrogen and oxygen atoms in total. The molecule has 0 atom stereocenters. The number of aliphatic imine (C=N–C) groups is 1. The van der Waals surface area contributed by atoms with E-state index in [1.54, 1.807) is 18.3 Å². The summed E-state index contributed by atoms with van der Waals surface area (Å²) in [6.07, 6.45) is 3.66. The Morgan fingerprint density at radius 2 is 1.90 bits per heavy atom. The van der Waals surface area contributed by atoms with Crippen LogP contribution in [0.1, 0.15) is 38.2 Å². The second-order valence-electron chi connectivity index (χ2n) is 7.74. The van der Waals surface area contributed by atoms with Crippen LogP contribution in [0, 0.1) is 0 Å². The molecule has 0 bridgehead atoms. The number of anilines is 1. The molecular weight excluding hydrogens is 529 g/mol. The van der Waals surface area contributed by atoms with E-state index in [0.717, 1.165) is 37.9 Å². The Bertz CT molecular complexity index is 870. The molecule has 0 saturated carbocycles. The van der Waals surface area contributed by atoms with Gasteiger partial charge in [0.05, 0.1) is 5.75 Å². The third-order valence-corrected chi connectivity index (χ3v) is 7.71. The molecule has 1 fully saturated rings. The van der Waals surface area contributed by atoms with E-state index in [9.17, 15) is 13.2 Å². The lowest BCUT2D eigenvalue weighted by molar-refractivity contribution is -0.118. The zero-order chi connectivity index (χ0) is 21.6. The van der Waals surface area contributed by atoms with Gasteiger partial charge in [0.1, 0.15) is 0 Å². The summed E-state index contributed by atoms with van der Waals surface area (Å²) < 4.78 is 25.5. The highest BCUT2D eigenvalue weighted by atomic mass is 127. The van der Waals surface area contributed by atoms with Gasteiger partial charge >= 0.3 is 0 Å². The van der Waals surface area contributed by atoms with E-state index in [1.807, 2.05) is 23.1 Å². The van der Waals surface area contributed by atoms with Gasteiger partial charge in [-0.2, -0.15) is 0 Å². The van der Waals surface area contributed by atoms with E-state index in [4.69, 9.17) is 0 Å². The molecule has 31 heavy (non-hydrogen) atoms. The van der Waals surface area contributed by atoms with Crippen molar-refractivity contribution in [3.8, 4) is 0 Å². The highest BCUT2D eigenvalue weighted by Gasteiger charge is 2.27. The van der Waals surface area contributed by atoms with E-state index >= 15 is 0 Å². The number of fused-ring (bicyclic) bond motifs is 1. The minimum Gasteiger partial charge on any atom is -0.356 e. The largest absolute Gasteiger partial charge is 0.356 e. The second kappa shape index (κ2) is 12.0. The van der Waals surface area contributed by atoms with Crippen molar-refractivity contribution in [2.75, 3.05) is 43.9 Å². The number of guanidine groups is 1. The maximum atomic E-state index is 12.6. The maximum absolute atomic E-state index is 12.6. The van der Waals surface area contributed by atoms with Crippen molar-refractivity contribution in [3.63, 3.8) is 0 Å². The standard InChI is InChI=1S/C21H33N5O3S.HI/c1-3-30(28,29)25-14-11-18(12-15-25)24-21(22-2)23-13-6-9-20(27)26-16-10-17-7-4-5-8-19(17)26;/h4-5,7-8,18H,3,6,9-16H2,1-2H3,(H2,22,23,24);1H. The van der Waals surface area contributed by atoms with E-state index in [2.05, 4.69) is 21.7 Å². The smallest absolute Gasteiger partial charge is 0.227 e. The van der Waals surface area contributed by atoms with E-state index in [0.29, 0.717) is 32.0 Å². The van der Waals surface area contributed by atoms with Crippen molar-refractivity contribution < 1.29 is 13.2 Å². The van der Waals surface area contributed by atoms with Crippen molar-refractivity contribution in [1.82, 2.24) is 14.9 Å². The lowest BCUT2D eigenvalue weighted by Crippen LogP contribution is -2.50. The summed E-state index contributed by atoms with van der Waals surface area (Å²) in [5.74, 6) is 1.01. The quantitative estimate of drug-likeness (QED) is 0.229. The molecule has 1 saturated heterocycles. The number of para-hydroxylation sites is 1. The van der Waals surface area contributed by atoms with Crippen LogP contribution in [-0.2, 0) is 21.2 Å². The molecule has 1 aromatic rings. The maximum Gasteiger partial charge on any atom is 0.227 e. The Morgan fingerprint density at radius 3 is 2.58 bits per heavy atom. The van der Waals surface area contributed by atoms with Gasteiger partial charge in [0.2, 0.25) is 15.9 Å². The van der Waals surface area contributed by atoms with Crippen molar-refractivity contribution in [3.05, 3.63) is 29.8 Å². The van der Waals surface area contributed by atoms with Gasteiger partial charge in [-0.15, -0.1) is 24.0 Å². The minimum absolute atomic E-state index is 0. The predicted molar refractivity (Wildman–Crippen MR) is 136 cm³/mol. The number of amides is 1. The van der Waals surface area contributed by atoms with Gasteiger partial charge in [-0.05, 0) is 44.2 Å². The number of nitrogens with zero attached hydrogens (tertiary/aromatic N) is 3. The number of benzene rings is 1. The number of halogens is 1. The average Bonchev–Trinajstić information content (AvgIpc) is 3.20. The van der Waals surface area contributed by atoms with Crippen LogP contribution in [-0.4, -0.2) is 69.6 Å². The first-order valence-corrected chi connectivity index (χ1v) is 12.4. The van der Waals surface area contributed by atoms with Crippen molar-refractivity contribution in [2.24, 2.45) is 4.99 Å². The molecule has 174 valence electrons. The summed E-state index contributed by atoms with van der Waals surface area (Å²) in [4.78, 5) is 18.7. The van der Waals surface area contributed by atoms with Gasteiger partial charge < -0.3 is 15.5 Å². The van der Waals surface area contributed by atoms with Crippen LogP contribution < -0.4 is 15.5 Å². The van der Waals surface area contributed by atoms with Crippen LogP contribution in [0.4, 0.5) is 5.69 Å². The molecule has 0 unspecified atom stereocenters. The topological polar surface area (TPSA) is 94.1 Å². The van der Waals surface area contributed by atoms with Crippen LogP contribution in [0.15, 0.2) is 29.3 Å². The fourth-order valence-corrected chi connectivity index (χ4v) is 5.16. The van der Waals surface area contributed by atoms with Crippen LogP contribution in [0.25, 0.3) is 0 Å². The van der Waals surface area contributed by atoms with Gasteiger partial charge in [-0.25, -0.2) is 12.7 Å². The first kappa shape index (κ1) is 25.9. The molecule has 0 aliphatic carbocycles. The molecule has 2 N–H and O–H groups in total. The fourth-order valence-electron chi connectivity index (χ4n) is 4.03. The average molecular weight is 564 g/mol. The Morgan fingerprint density at radius 1 is 1.19 bits per heavy atom. The Balaban J connectivity index is 0.00000341. The lowest BCUT2D eigenvalue weighted by Gasteiger charge is -2.32. The molecule has 2 heterocycles. The third kappa shape index (κ3) is 6.79. The van der Waals surface area contributed by atoms with Crippen molar-refractivity contribution in [1.29, 1.82) is 0 Å². The van der Waals surface area contributed by atoms with E-state index < -0.39 is 10.0 Å². The van der Waals surface area contributed by atoms with Gasteiger partial charge in [0, 0.05) is 51.4 Å². The minimum atomic E-state index is -3.11. The first-order valence-electron chi connectivity index (χ1n) is 10.8. The molecule has 0 radical (unpaired) electrons. The third-order valence-electron chi connectivity index (χ3n) is 5.82. The number of sulfonamides is 1. The summed E-state index contributed by atoms with van der Waals surface area (Å²) in [6, 6.07) is 8.29. The van der Waals surface area contributed by atoms with Gasteiger partial charge in [0.25, 0.3) is 0 Å².